The Morgan fingerprint density at radius 1 is 1.07 bits per heavy atom. The summed E-state index contributed by atoms with van der Waals surface area (Å²) in [4.78, 5) is 25.0. The maximum atomic E-state index is 12.7. The molecular weight excluding hydrogens is 348 g/mol. The second-order valence-corrected chi connectivity index (χ2v) is 6.90. The Bertz CT molecular complexity index is 873. The minimum atomic E-state index is -0.555. The van der Waals surface area contributed by atoms with E-state index in [4.69, 9.17) is 14.2 Å². The van der Waals surface area contributed by atoms with Gasteiger partial charge in [0.15, 0.2) is 17.2 Å². The van der Waals surface area contributed by atoms with Crippen molar-refractivity contribution < 1.29 is 19.0 Å². The number of benzene rings is 1. The molecule has 0 aliphatic rings. The summed E-state index contributed by atoms with van der Waals surface area (Å²) in [5, 5.41) is 3.72. The van der Waals surface area contributed by atoms with Crippen LogP contribution in [0.3, 0.4) is 0 Å². The van der Waals surface area contributed by atoms with E-state index in [-0.39, 0.29) is 11.6 Å². The van der Waals surface area contributed by atoms with Gasteiger partial charge in [0.25, 0.3) is 5.56 Å². The van der Waals surface area contributed by atoms with Crippen molar-refractivity contribution >= 4 is 16.9 Å². The molecule has 148 valence electrons. The fraction of sp³-hybridized carbons (Fsp3) is 0.500. The van der Waals surface area contributed by atoms with E-state index >= 15 is 0 Å². The van der Waals surface area contributed by atoms with Crippen molar-refractivity contribution in [1.29, 1.82) is 0 Å². The predicted molar refractivity (Wildman–Crippen MR) is 105 cm³/mol. The molecular formula is C20H28N2O5. The molecule has 0 bridgehead atoms. The average Bonchev–Trinajstić information content (AvgIpc) is 2.61. The fourth-order valence-corrected chi connectivity index (χ4v) is 3.10. The van der Waals surface area contributed by atoms with Crippen LogP contribution in [-0.4, -0.2) is 30.9 Å². The lowest BCUT2D eigenvalue weighted by molar-refractivity contribution is 0.195. The van der Waals surface area contributed by atoms with Gasteiger partial charge in [-0.2, -0.15) is 0 Å². The monoisotopic (exact) mass is 376 g/mol. The lowest BCUT2D eigenvalue weighted by Gasteiger charge is -2.17. The number of aromatic nitrogens is 1. The highest BCUT2D eigenvalue weighted by atomic mass is 16.6. The van der Waals surface area contributed by atoms with Gasteiger partial charge in [0.2, 0.25) is 0 Å². The summed E-state index contributed by atoms with van der Waals surface area (Å²) in [6.07, 6.45) is 1.83. The number of nitrogens with one attached hydrogen (secondary N) is 1. The molecule has 7 nitrogen and oxygen atoms in total. The van der Waals surface area contributed by atoms with Gasteiger partial charge in [0.1, 0.15) is 0 Å². The highest BCUT2D eigenvalue weighted by Crippen LogP contribution is 2.34. The number of rotatable bonds is 7. The summed E-state index contributed by atoms with van der Waals surface area (Å²) in [5.74, 6) is 1.65. The minimum absolute atomic E-state index is 0.0181. The van der Waals surface area contributed by atoms with Crippen LogP contribution >= 0.6 is 0 Å². The van der Waals surface area contributed by atoms with Crippen LogP contribution in [0.4, 0.5) is 4.79 Å². The van der Waals surface area contributed by atoms with Gasteiger partial charge in [0, 0.05) is 18.0 Å². The van der Waals surface area contributed by atoms with Crippen molar-refractivity contribution in [1.82, 2.24) is 9.88 Å². The molecule has 1 atom stereocenters. The first-order valence-electron chi connectivity index (χ1n) is 9.08. The third-order valence-electron chi connectivity index (χ3n) is 4.29. The third-order valence-corrected chi connectivity index (χ3v) is 4.29. The highest BCUT2D eigenvalue weighted by Gasteiger charge is 2.18. The van der Waals surface area contributed by atoms with Crippen LogP contribution in [0.1, 0.15) is 34.1 Å². The summed E-state index contributed by atoms with van der Waals surface area (Å²) in [6, 6.07) is 3.24. The summed E-state index contributed by atoms with van der Waals surface area (Å²) in [5.41, 5.74) is -0.186. The Morgan fingerprint density at radius 3 is 2.19 bits per heavy atom. The summed E-state index contributed by atoms with van der Waals surface area (Å²) < 4.78 is 17.6. The number of fused-ring (bicyclic) bond motifs is 1. The standard InChI is InChI=1S/C20H28N2O5/c1-7-22-11-18(27-20(24)21-13(4)8-12(2)3)14-9-16(25-5)17(26-6)10-15(14)19(22)23/h9-13H,7-8H2,1-6H3,(H,21,24). The van der Waals surface area contributed by atoms with E-state index in [2.05, 4.69) is 19.2 Å². The molecule has 1 amide bonds. The van der Waals surface area contributed by atoms with Crippen molar-refractivity contribution in [3.05, 3.63) is 28.7 Å². The molecule has 0 fully saturated rings. The number of hydrogen-bond acceptors (Lipinski definition) is 5. The largest absolute Gasteiger partial charge is 0.493 e. The first kappa shape index (κ1) is 20.6. The number of hydrogen-bond donors (Lipinski definition) is 1. The maximum Gasteiger partial charge on any atom is 0.412 e. The van der Waals surface area contributed by atoms with Crippen molar-refractivity contribution in [3.63, 3.8) is 0 Å². The zero-order valence-electron chi connectivity index (χ0n) is 16.8. The molecule has 7 heteroatoms. The van der Waals surface area contributed by atoms with Gasteiger partial charge >= 0.3 is 6.09 Å². The van der Waals surface area contributed by atoms with E-state index in [0.717, 1.165) is 6.42 Å². The number of ether oxygens (including phenoxy) is 3. The van der Waals surface area contributed by atoms with Crippen LogP contribution in [0.25, 0.3) is 10.8 Å². The smallest absolute Gasteiger partial charge is 0.412 e. The minimum Gasteiger partial charge on any atom is -0.493 e. The predicted octanol–water partition coefficient (Wildman–Crippen LogP) is 3.56. The fourth-order valence-electron chi connectivity index (χ4n) is 3.10. The lowest BCUT2D eigenvalue weighted by atomic mass is 10.1. The summed E-state index contributed by atoms with van der Waals surface area (Å²) >= 11 is 0. The highest BCUT2D eigenvalue weighted by molar-refractivity contribution is 5.92. The molecule has 1 heterocycles. The molecule has 2 aromatic rings. The Kier molecular flexibility index (Phi) is 6.71. The normalized spacial score (nSPS) is 12.1. The zero-order valence-corrected chi connectivity index (χ0v) is 16.8. The molecule has 0 saturated heterocycles. The number of aryl methyl sites for hydroxylation is 1. The molecule has 1 aromatic carbocycles. The number of amides is 1. The molecule has 0 aliphatic heterocycles. The van der Waals surface area contributed by atoms with Crippen LogP contribution in [0, 0.1) is 5.92 Å². The van der Waals surface area contributed by atoms with E-state index in [1.54, 1.807) is 18.3 Å². The first-order valence-corrected chi connectivity index (χ1v) is 9.08. The lowest BCUT2D eigenvalue weighted by Crippen LogP contribution is -2.36. The average molecular weight is 376 g/mol. The Labute approximate surface area is 159 Å². The van der Waals surface area contributed by atoms with Gasteiger partial charge in [-0.3, -0.25) is 4.79 Å². The summed E-state index contributed by atoms with van der Waals surface area (Å²) in [6.45, 7) is 8.41. The van der Waals surface area contributed by atoms with Gasteiger partial charge in [0.05, 0.1) is 25.8 Å². The van der Waals surface area contributed by atoms with E-state index in [0.29, 0.717) is 40.5 Å². The topological polar surface area (TPSA) is 78.8 Å². The molecule has 0 aliphatic carbocycles. The van der Waals surface area contributed by atoms with Gasteiger partial charge in [-0.05, 0) is 38.3 Å². The number of pyridine rings is 1. The Morgan fingerprint density at radius 2 is 1.67 bits per heavy atom. The molecule has 0 spiro atoms. The SMILES string of the molecule is CCn1cc(OC(=O)NC(C)CC(C)C)c2cc(OC)c(OC)cc2c1=O. The second-order valence-electron chi connectivity index (χ2n) is 6.90. The number of methoxy groups -OCH3 is 2. The first-order chi connectivity index (χ1) is 12.8. The van der Waals surface area contributed by atoms with Crippen molar-refractivity contribution in [2.75, 3.05) is 14.2 Å². The van der Waals surface area contributed by atoms with Gasteiger partial charge in [-0.1, -0.05) is 13.8 Å². The second kappa shape index (κ2) is 8.79. The van der Waals surface area contributed by atoms with Crippen molar-refractivity contribution in [3.8, 4) is 17.2 Å². The Hall–Kier alpha value is -2.70. The van der Waals surface area contributed by atoms with E-state index < -0.39 is 6.09 Å². The quantitative estimate of drug-likeness (QED) is 0.799. The number of nitrogens with zero attached hydrogens (tertiary/aromatic N) is 1. The molecule has 1 unspecified atom stereocenters. The molecule has 0 radical (unpaired) electrons. The van der Waals surface area contributed by atoms with Gasteiger partial charge < -0.3 is 24.1 Å². The van der Waals surface area contributed by atoms with Crippen molar-refractivity contribution in [2.45, 2.75) is 46.7 Å². The van der Waals surface area contributed by atoms with Crippen LogP contribution in [-0.2, 0) is 6.54 Å². The van der Waals surface area contributed by atoms with Gasteiger partial charge in [-0.25, -0.2) is 4.79 Å². The van der Waals surface area contributed by atoms with E-state index in [1.807, 2.05) is 13.8 Å². The molecule has 1 N–H and O–H groups in total. The molecule has 2 rings (SSSR count). The van der Waals surface area contributed by atoms with Gasteiger partial charge in [-0.15, -0.1) is 0 Å². The molecule has 27 heavy (non-hydrogen) atoms. The zero-order chi connectivity index (χ0) is 20.1. The molecule has 0 saturated carbocycles. The van der Waals surface area contributed by atoms with Crippen LogP contribution in [0.2, 0.25) is 0 Å². The number of carbonyl (C=O) groups excluding carboxylic acids is 1. The van der Waals surface area contributed by atoms with Crippen LogP contribution in [0.15, 0.2) is 23.1 Å². The van der Waals surface area contributed by atoms with Crippen LogP contribution < -0.4 is 25.1 Å². The maximum absolute atomic E-state index is 12.7. The third kappa shape index (κ3) is 4.72. The van der Waals surface area contributed by atoms with Crippen molar-refractivity contribution in [2.24, 2.45) is 5.92 Å². The summed E-state index contributed by atoms with van der Waals surface area (Å²) in [7, 11) is 3.02. The number of carbonyl (C=O) groups is 1. The Balaban J connectivity index is 2.47. The van der Waals surface area contributed by atoms with E-state index in [1.165, 1.54) is 18.8 Å². The van der Waals surface area contributed by atoms with Crippen LogP contribution in [0.5, 0.6) is 17.2 Å². The van der Waals surface area contributed by atoms with E-state index in [9.17, 15) is 9.59 Å². The molecule has 1 aromatic heterocycles.